The normalized spacial score (nSPS) is 11.7. The molecule has 2 aromatic carbocycles. The van der Waals surface area contributed by atoms with Gasteiger partial charge in [-0.15, -0.1) is 0 Å². The van der Waals surface area contributed by atoms with Gasteiger partial charge in [0.15, 0.2) is 11.6 Å². The number of nitrogens with one attached hydrogen (secondary N) is 1. The Kier molecular flexibility index (Phi) is 13.1. The third-order valence-corrected chi connectivity index (χ3v) is 6.41. The van der Waals surface area contributed by atoms with Gasteiger partial charge in [-0.1, -0.05) is 39.8 Å². The molecule has 5 rings (SSSR count). The van der Waals surface area contributed by atoms with Gasteiger partial charge in [0.2, 0.25) is 5.95 Å². The third-order valence-electron chi connectivity index (χ3n) is 6.41. The smallest absolute Gasteiger partial charge is 0.254 e. The van der Waals surface area contributed by atoms with Crippen molar-refractivity contribution in [3.05, 3.63) is 94.3 Å². The number of carbonyl (C=O) groups is 1. The molecule has 0 atom stereocenters. The summed E-state index contributed by atoms with van der Waals surface area (Å²) in [6.45, 7) is 13.7. The molecule has 2 aromatic heterocycles. The fourth-order valence-electron chi connectivity index (χ4n) is 4.59. The minimum Gasteiger partial charge on any atom is -0.494 e. The van der Waals surface area contributed by atoms with E-state index in [1.165, 1.54) is 13.2 Å². The number of hydrogen-bond acceptors (Lipinski definition) is 5. The molecule has 1 amide bonds. The van der Waals surface area contributed by atoms with E-state index >= 15 is 0 Å². The van der Waals surface area contributed by atoms with Crippen LogP contribution in [-0.2, 0) is 26.6 Å². The fourth-order valence-corrected chi connectivity index (χ4v) is 4.59. The zero-order valence-corrected chi connectivity index (χ0v) is 26.0. The molecule has 0 fully saturated rings. The lowest BCUT2D eigenvalue weighted by Crippen LogP contribution is -2.37. The molecule has 0 saturated heterocycles. The Labute approximate surface area is 244 Å². The van der Waals surface area contributed by atoms with Crippen LogP contribution in [0.5, 0.6) is 5.75 Å². The lowest BCUT2D eigenvalue weighted by Gasteiger charge is -2.30. The number of fused-ring (bicyclic) bond motifs is 1. The van der Waals surface area contributed by atoms with Crippen molar-refractivity contribution in [3.63, 3.8) is 0 Å². The predicted octanol–water partition coefficient (Wildman–Crippen LogP) is 6.41. The predicted molar refractivity (Wildman–Crippen MR) is 164 cm³/mol. The first-order valence-corrected chi connectivity index (χ1v) is 14.2. The Bertz CT molecular complexity index is 1380. The van der Waals surface area contributed by atoms with E-state index in [1.807, 2.05) is 82.7 Å². The minimum atomic E-state index is -0.405. The summed E-state index contributed by atoms with van der Waals surface area (Å²) in [6, 6.07) is 10.8. The number of rotatable bonds is 6. The van der Waals surface area contributed by atoms with Crippen LogP contribution in [0.15, 0.2) is 55.0 Å². The Morgan fingerprint density at radius 2 is 1.73 bits per heavy atom. The topological polar surface area (TPSA) is 77.2 Å². The molecule has 3 heterocycles. The zero-order chi connectivity index (χ0) is 30.5. The minimum absolute atomic E-state index is 0.00367. The highest BCUT2D eigenvalue weighted by molar-refractivity contribution is 5.97. The number of anilines is 1. The molecule has 4 aromatic rings. The summed E-state index contributed by atoms with van der Waals surface area (Å²) < 4.78 is 22.6. The number of imidazole rings is 1. The molecule has 0 aliphatic carbocycles. The second-order valence-corrected chi connectivity index (χ2v) is 9.14. The largest absolute Gasteiger partial charge is 0.494 e. The van der Waals surface area contributed by atoms with Crippen molar-refractivity contribution in [1.29, 1.82) is 0 Å². The van der Waals surface area contributed by atoms with Crippen molar-refractivity contribution in [2.75, 3.05) is 26.0 Å². The number of nitrogens with zero attached hydrogens (tertiary/aromatic N) is 5. The average Bonchev–Trinajstić information content (AvgIpc) is 3.60. The summed E-state index contributed by atoms with van der Waals surface area (Å²) in [5, 5.41) is 7.10. The molecule has 1 aliphatic rings. The van der Waals surface area contributed by atoms with Crippen LogP contribution in [0, 0.1) is 19.7 Å². The van der Waals surface area contributed by atoms with E-state index in [0.717, 1.165) is 45.9 Å². The van der Waals surface area contributed by atoms with Gasteiger partial charge in [0.05, 0.1) is 19.3 Å². The van der Waals surface area contributed by atoms with Gasteiger partial charge in [-0.2, -0.15) is 5.10 Å². The van der Waals surface area contributed by atoms with Crippen LogP contribution >= 0.6 is 0 Å². The van der Waals surface area contributed by atoms with E-state index in [4.69, 9.17) is 4.74 Å². The number of carbonyl (C=O) groups excluding carboxylic acids is 1. The van der Waals surface area contributed by atoms with Crippen molar-refractivity contribution in [2.45, 2.75) is 61.1 Å². The van der Waals surface area contributed by atoms with E-state index in [9.17, 15) is 9.18 Å². The Morgan fingerprint density at radius 3 is 2.32 bits per heavy atom. The Hall–Kier alpha value is -4.14. The number of benzene rings is 2. The van der Waals surface area contributed by atoms with Crippen LogP contribution in [0.4, 0.5) is 10.3 Å². The van der Waals surface area contributed by atoms with Gasteiger partial charge in [-0.25, -0.2) is 9.37 Å². The molecule has 0 bridgehead atoms. The quantitative estimate of drug-likeness (QED) is 0.293. The molecule has 41 heavy (non-hydrogen) atoms. The van der Waals surface area contributed by atoms with Crippen LogP contribution in [-0.4, -0.2) is 50.8 Å². The van der Waals surface area contributed by atoms with E-state index in [-0.39, 0.29) is 11.7 Å². The van der Waals surface area contributed by atoms with Gasteiger partial charge < -0.3 is 19.5 Å². The highest BCUT2D eigenvalue weighted by atomic mass is 19.1. The van der Waals surface area contributed by atoms with E-state index in [2.05, 4.69) is 28.4 Å². The number of methoxy groups -OCH3 is 1. The Morgan fingerprint density at radius 1 is 1.00 bits per heavy atom. The number of aryl methyl sites for hydroxylation is 3. The van der Waals surface area contributed by atoms with Crippen molar-refractivity contribution in [1.82, 2.24) is 24.2 Å². The number of ether oxygens (including phenoxy) is 1. The lowest BCUT2D eigenvalue weighted by molar-refractivity contribution is 0.0726. The number of aromatic nitrogens is 4. The number of amides is 1. The second kappa shape index (κ2) is 16.2. The van der Waals surface area contributed by atoms with Gasteiger partial charge in [0.25, 0.3) is 5.91 Å². The molecule has 0 saturated carbocycles. The van der Waals surface area contributed by atoms with Crippen LogP contribution in [0.1, 0.15) is 66.0 Å². The molecule has 1 N–H and O–H groups in total. The molecular formula is C32H45FN6O2. The highest BCUT2D eigenvalue weighted by Gasteiger charge is 2.26. The monoisotopic (exact) mass is 564 g/mol. The van der Waals surface area contributed by atoms with Crippen molar-refractivity contribution >= 4 is 11.9 Å². The maximum absolute atomic E-state index is 13.7. The number of hydrogen-bond donors (Lipinski definition) is 1. The maximum atomic E-state index is 13.7. The van der Waals surface area contributed by atoms with Gasteiger partial charge in [0, 0.05) is 51.3 Å². The van der Waals surface area contributed by atoms with Gasteiger partial charge in [0.1, 0.15) is 0 Å². The molecule has 1 aliphatic heterocycles. The first-order valence-electron chi connectivity index (χ1n) is 14.2. The van der Waals surface area contributed by atoms with Crippen LogP contribution < -0.4 is 10.1 Å². The molecule has 0 unspecified atom stereocenters. The summed E-state index contributed by atoms with van der Waals surface area (Å²) in [5.74, 6) is 0.570. The molecular weight excluding hydrogens is 519 g/mol. The molecule has 0 spiro atoms. The zero-order valence-electron chi connectivity index (χ0n) is 26.0. The van der Waals surface area contributed by atoms with Gasteiger partial charge in [-0.3, -0.25) is 9.48 Å². The Balaban J connectivity index is 0.000000456. The van der Waals surface area contributed by atoms with Crippen molar-refractivity contribution in [3.8, 4) is 5.75 Å². The van der Waals surface area contributed by atoms with E-state index in [0.29, 0.717) is 19.6 Å². The fraction of sp³-hybridized carbons (Fsp3) is 0.406. The summed E-state index contributed by atoms with van der Waals surface area (Å²) in [6.07, 6.45) is 6.39. The molecule has 0 radical (unpaired) electrons. The van der Waals surface area contributed by atoms with E-state index < -0.39 is 5.82 Å². The second-order valence-electron chi connectivity index (χ2n) is 9.14. The van der Waals surface area contributed by atoms with Gasteiger partial charge >= 0.3 is 0 Å². The number of halogens is 1. The summed E-state index contributed by atoms with van der Waals surface area (Å²) in [4.78, 5) is 19.4. The van der Waals surface area contributed by atoms with Crippen LogP contribution in [0.3, 0.4) is 0 Å². The molecule has 8 nitrogen and oxygen atoms in total. The summed E-state index contributed by atoms with van der Waals surface area (Å²) >= 11 is 0. The van der Waals surface area contributed by atoms with Gasteiger partial charge in [-0.05, 0) is 66.8 Å². The summed E-state index contributed by atoms with van der Waals surface area (Å²) in [5.41, 5.74) is 5.95. The standard InChI is InChI=1S/C23H25FN4O2.C5H8N2.2C2H6/c1-15-10-17(14-28-9-7-26-23(28)25-2)11-19-18(15)6-8-27(22(19)29)13-16-4-5-20(24)21(12-16)30-3;1-5-3-4-7(2)6-5;2*1-2/h4-5,7,9-12H,6,8,13-14H2,1-3H3,(H,25,26);3-4H,1-2H3;2*1-2H3. The third kappa shape index (κ3) is 8.67. The lowest BCUT2D eigenvalue weighted by atomic mass is 9.92. The molecule has 222 valence electrons. The molecule has 9 heteroatoms. The van der Waals surface area contributed by atoms with Crippen LogP contribution in [0.25, 0.3) is 0 Å². The maximum Gasteiger partial charge on any atom is 0.254 e. The highest BCUT2D eigenvalue weighted by Crippen LogP contribution is 2.27. The first-order chi connectivity index (χ1) is 19.8. The first kappa shape index (κ1) is 33.1. The van der Waals surface area contributed by atoms with Crippen molar-refractivity contribution < 1.29 is 13.9 Å². The summed E-state index contributed by atoms with van der Waals surface area (Å²) in [7, 11) is 5.18. The van der Waals surface area contributed by atoms with E-state index in [1.54, 1.807) is 23.0 Å². The van der Waals surface area contributed by atoms with Crippen LogP contribution in [0.2, 0.25) is 0 Å². The SMILES string of the molecule is CC.CC.CNc1nccn1Cc1cc(C)c2c(c1)C(=O)N(Cc1ccc(F)c(OC)c1)CC2.Cc1ccn(C)n1. The average molecular weight is 565 g/mol. The van der Waals surface area contributed by atoms with Crippen molar-refractivity contribution in [2.24, 2.45) is 7.05 Å².